The molecule has 0 spiro atoms. The highest BCUT2D eigenvalue weighted by Crippen LogP contribution is 2.27. The molecule has 0 bridgehead atoms. The first kappa shape index (κ1) is 26.5. The number of carboxylic acids is 1. The van der Waals surface area contributed by atoms with Crippen molar-refractivity contribution in [3.8, 4) is 5.88 Å². The highest BCUT2D eigenvalue weighted by Gasteiger charge is 2.24. The van der Waals surface area contributed by atoms with Crippen molar-refractivity contribution < 1.29 is 19.4 Å². The second-order valence-corrected chi connectivity index (χ2v) is 10.8. The summed E-state index contributed by atoms with van der Waals surface area (Å²) in [6, 6.07) is 17.1. The largest absolute Gasteiger partial charge is 0.478 e. The lowest BCUT2D eigenvalue weighted by atomic mass is 10.0. The molecule has 0 saturated carbocycles. The number of fused-ring (bicyclic) bond motifs is 1. The van der Waals surface area contributed by atoms with Crippen molar-refractivity contribution in [3.05, 3.63) is 93.9 Å². The Morgan fingerprint density at radius 2 is 2.00 bits per heavy atom. The van der Waals surface area contributed by atoms with Crippen molar-refractivity contribution >= 4 is 34.2 Å². The van der Waals surface area contributed by atoms with Gasteiger partial charge in [-0.2, -0.15) is 0 Å². The smallest absolute Gasteiger partial charge is 0.336 e. The molecule has 0 unspecified atom stereocenters. The van der Waals surface area contributed by atoms with Gasteiger partial charge in [0.05, 0.1) is 41.5 Å². The predicted octanol–water partition coefficient (Wildman–Crippen LogP) is 5.75. The van der Waals surface area contributed by atoms with E-state index in [9.17, 15) is 9.90 Å². The van der Waals surface area contributed by atoms with Crippen LogP contribution in [0.25, 0.3) is 16.6 Å². The number of hydrogen-bond donors (Lipinski definition) is 1. The monoisotopic (exact) mass is 558 g/mol. The molecule has 1 N–H and O–H groups in total. The molecule has 4 heterocycles. The van der Waals surface area contributed by atoms with Crippen LogP contribution in [0.2, 0.25) is 5.02 Å². The molecule has 2 aromatic heterocycles. The van der Waals surface area contributed by atoms with Crippen molar-refractivity contribution in [1.82, 2.24) is 19.4 Å². The molecule has 0 radical (unpaired) electrons. The fourth-order valence-corrected chi connectivity index (χ4v) is 5.34. The third-order valence-corrected chi connectivity index (χ3v) is 7.85. The Kier molecular flexibility index (Phi) is 7.56. The first-order valence-electron chi connectivity index (χ1n) is 13.5. The van der Waals surface area contributed by atoms with E-state index < -0.39 is 5.97 Å². The standard InChI is InChI=1S/C31H31ClN4O4/c1-20-15-27-28(16-25(20)31(37)38)36(17-24-11-14-39-24)29(33-27)18-35-12-9-22(10-13-35)26-3-2-4-30(34-26)40-19-21-5-7-23(32)8-6-21/h2-9,15-16,24H,10-14,17-19H2,1H3,(H,37,38)/t24-/m0/s1. The second-order valence-electron chi connectivity index (χ2n) is 10.4. The van der Waals surface area contributed by atoms with Gasteiger partial charge in [-0.15, -0.1) is 0 Å². The molecule has 6 rings (SSSR count). The number of halogens is 1. The summed E-state index contributed by atoms with van der Waals surface area (Å²) < 4.78 is 13.8. The highest BCUT2D eigenvalue weighted by atomic mass is 35.5. The fraction of sp³-hybridized carbons (Fsp3) is 0.323. The lowest BCUT2D eigenvalue weighted by Crippen LogP contribution is -2.33. The summed E-state index contributed by atoms with van der Waals surface area (Å²) in [6.07, 6.45) is 4.23. The quantitative estimate of drug-likeness (QED) is 0.280. The third kappa shape index (κ3) is 5.75. The van der Waals surface area contributed by atoms with Crippen LogP contribution in [0.15, 0.2) is 60.7 Å². The number of nitrogens with zero attached hydrogens (tertiary/aromatic N) is 4. The fourth-order valence-electron chi connectivity index (χ4n) is 5.21. The van der Waals surface area contributed by atoms with Crippen LogP contribution in [0.5, 0.6) is 5.88 Å². The van der Waals surface area contributed by atoms with Crippen LogP contribution in [-0.2, 0) is 24.4 Å². The number of aromatic nitrogens is 3. The van der Waals surface area contributed by atoms with Crippen LogP contribution in [0.3, 0.4) is 0 Å². The summed E-state index contributed by atoms with van der Waals surface area (Å²) in [5, 5.41) is 10.4. The topological polar surface area (TPSA) is 89.7 Å². The van der Waals surface area contributed by atoms with E-state index in [1.807, 2.05) is 55.5 Å². The predicted molar refractivity (Wildman–Crippen MR) is 154 cm³/mol. The number of carbonyl (C=O) groups is 1. The Balaban J connectivity index is 1.16. The molecule has 206 valence electrons. The molecule has 0 aliphatic carbocycles. The zero-order chi connectivity index (χ0) is 27.6. The van der Waals surface area contributed by atoms with Crippen molar-refractivity contribution in [1.29, 1.82) is 0 Å². The molecular formula is C31H31ClN4O4. The lowest BCUT2D eigenvalue weighted by Gasteiger charge is -2.29. The van der Waals surface area contributed by atoms with Gasteiger partial charge in [-0.1, -0.05) is 35.9 Å². The minimum Gasteiger partial charge on any atom is -0.478 e. The molecular weight excluding hydrogens is 528 g/mol. The normalized spacial score (nSPS) is 17.4. The lowest BCUT2D eigenvalue weighted by molar-refractivity contribution is -0.0591. The Morgan fingerprint density at radius 3 is 2.70 bits per heavy atom. The van der Waals surface area contributed by atoms with Crippen LogP contribution in [0, 0.1) is 6.92 Å². The minimum absolute atomic E-state index is 0.138. The molecule has 8 nitrogen and oxygen atoms in total. The molecule has 9 heteroatoms. The summed E-state index contributed by atoms with van der Waals surface area (Å²) >= 11 is 5.98. The minimum atomic E-state index is -0.921. The molecule has 2 aliphatic heterocycles. The first-order chi connectivity index (χ1) is 19.4. The van der Waals surface area contributed by atoms with Gasteiger partial charge in [-0.05, 0) is 66.8 Å². The SMILES string of the molecule is Cc1cc2nc(CN3CC=C(c4cccc(OCc5ccc(Cl)cc5)n4)CC3)n(C[C@@H]3CCO3)c2cc1C(=O)O. The van der Waals surface area contributed by atoms with Crippen LogP contribution >= 0.6 is 11.6 Å². The number of hydrogen-bond acceptors (Lipinski definition) is 6. The number of carboxylic acid groups (broad SMARTS) is 1. The van der Waals surface area contributed by atoms with Gasteiger partial charge in [0.1, 0.15) is 12.4 Å². The maximum absolute atomic E-state index is 11.8. The van der Waals surface area contributed by atoms with Crippen molar-refractivity contribution in [2.24, 2.45) is 0 Å². The number of ether oxygens (including phenoxy) is 2. The van der Waals surface area contributed by atoms with Gasteiger partial charge >= 0.3 is 5.97 Å². The number of rotatable bonds is 9. The number of pyridine rings is 1. The van der Waals surface area contributed by atoms with E-state index in [4.69, 9.17) is 31.0 Å². The van der Waals surface area contributed by atoms with Crippen LogP contribution in [-0.4, -0.2) is 56.3 Å². The summed E-state index contributed by atoms with van der Waals surface area (Å²) in [7, 11) is 0. The van der Waals surface area contributed by atoms with Gasteiger partial charge in [0.2, 0.25) is 5.88 Å². The number of imidazole rings is 1. The van der Waals surface area contributed by atoms with Gasteiger partial charge in [0, 0.05) is 30.8 Å². The van der Waals surface area contributed by atoms with Gasteiger partial charge in [0.25, 0.3) is 0 Å². The molecule has 2 aromatic carbocycles. The van der Waals surface area contributed by atoms with E-state index in [0.29, 0.717) is 41.7 Å². The van der Waals surface area contributed by atoms with Gasteiger partial charge in [-0.25, -0.2) is 14.8 Å². The van der Waals surface area contributed by atoms with Crippen molar-refractivity contribution in [3.63, 3.8) is 0 Å². The van der Waals surface area contributed by atoms with Gasteiger partial charge in [0.15, 0.2) is 0 Å². The Bertz CT molecular complexity index is 1580. The van der Waals surface area contributed by atoms with Crippen LogP contribution < -0.4 is 4.74 Å². The van der Waals surface area contributed by atoms with E-state index in [2.05, 4.69) is 15.5 Å². The number of aromatic carboxylic acids is 1. The first-order valence-corrected chi connectivity index (χ1v) is 13.9. The molecule has 0 amide bonds. The summed E-state index contributed by atoms with van der Waals surface area (Å²) in [6.45, 7) is 6.01. The van der Waals surface area contributed by atoms with E-state index in [0.717, 1.165) is 60.7 Å². The average molecular weight is 559 g/mol. The Hall–Kier alpha value is -3.72. The highest BCUT2D eigenvalue weighted by molar-refractivity contribution is 6.30. The zero-order valence-corrected chi connectivity index (χ0v) is 23.1. The van der Waals surface area contributed by atoms with E-state index >= 15 is 0 Å². The summed E-state index contributed by atoms with van der Waals surface area (Å²) in [4.78, 5) is 23.8. The van der Waals surface area contributed by atoms with E-state index in [1.54, 1.807) is 6.07 Å². The molecule has 1 saturated heterocycles. The molecule has 40 heavy (non-hydrogen) atoms. The number of benzene rings is 2. The van der Waals surface area contributed by atoms with Crippen LogP contribution in [0.4, 0.5) is 0 Å². The van der Waals surface area contributed by atoms with Gasteiger partial charge < -0.3 is 19.1 Å². The van der Waals surface area contributed by atoms with E-state index in [-0.39, 0.29) is 6.10 Å². The Labute approximate surface area is 237 Å². The maximum Gasteiger partial charge on any atom is 0.336 e. The Morgan fingerprint density at radius 1 is 1.18 bits per heavy atom. The average Bonchev–Trinajstić information content (AvgIpc) is 3.25. The molecule has 4 aromatic rings. The zero-order valence-electron chi connectivity index (χ0n) is 22.3. The van der Waals surface area contributed by atoms with Crippen molar-refractivity contribution in [2.45, 2.75) is 45.6 Å². The second kappa shape index (κ2) is 11.4. The molecule has 2 aliphatic rings. The molecule has 1 atom stereocenters. The van der Waals surface area contributed by atoms with Crippen molar-refractivity contribution in [2.75, 3.05) is 19.7 Å². The van der Waals surface area contributed by atoms with Gasteiger partial charge in [-0.3, -0.25) is 4.90 Å². The van der Waals surface area contributed by atoms with E-state index in [1.165, 1.54) is 5.57 Å². The summed E-state index contributed by atoms with van der Waals surface area (Å²) in [5.74, 6) is 0.606. The summed E-state index contributed by atoms with van der Waals surface area (Å²) in [5.41, 5.74) is 5.87. The third-order valence-electron chi connectivity index (χ3n) is 7.59. The number of aryl methyl sites for hydroxylation is 1. The molecule has 1 fully saturated rings. The maximum atomic E-state index is 11.8. The van der Waals surface area contributed by atoms with Crippen LogP contribution in [0.1, 0.15) is 45.8 Å².